The first-order valence-corrected chi connectivity index (χ1v) is 6.08. The van der Waals surface area contributed by atoms with Crippen LogP contribution < -0.4 is 16.0 Å². The Hall–Kier alpha value is -1.83. The van der Waals surface area contributed by atoms with E-state index in [0.29, 0.717) is 0 Å². The van der Waals surface area contributed by atoms with E-state index in [4.69, 9.17) is 5.11 Å². The molecular formula is C11H21N3O5. The lowest BCUT2D eigenvalue weighted by Crippen LogP contribution is -2.42. The van der Waals surface area contributed by atoms with Gasteiger partial charge in [-0.15, -0.1) is 0 Å². The standard InChI is InChI=1S/C11H21N3O5/c1-3-19-11(18)14-7-6-13-8(10(16)17)4-5-9(15)12-2/h8,13H,3-7H2,1-2H3,(H,12,15)(H,14,18)(H,16,17)/t8-/m0/s1. The van der Waals surface area contributed by atoms with Crippen LogP contribution in [-0.4, -0.2) is 55.9 Å². The molecule has 0 heterocycles. The maximum atomic E-state index is 11.0. The molecule has 19 heavy (non-hydrogen) atoms. The number of rotatable bonds is 9. The van der Waals surface area contributed by atoms with Gasteiger partial charge in [-0.2, -0.15) is 0 Å². The third-order valence-corrected chi connectivity index (χ3v) is 2.30. The van der Waals surface area contributed by atoms with E-state index in [1.54, 1.807) is 6.92 Å². The van der Waals surface area contributed by atoms with Crippen LogP contribution in [0.4, 0.5) is 4.79 Å². The van der Waals surface area contributed by atoms with E-state index < -0.39 is 18.1 Å². The molecule has 0 aliphatic rings. The zero-order chi connectivity index (χ0) is 14.7. The zero-order valence-electron chi connectivity index (χ0n) is 11.2. The third kappa shape index (κ3) is 8.83. The molecule has 0 saturated carbocycles. The first kappa shape index (κ1) is 17.2. The van der Waals surface area contributed by atoms with E-state index >= 15 is 0 Å². The molecular weight excluding hydrogens is 254 g/mol. The largest absolute Gasteiger partial charge is 0.480 e. The molecule has 8 nitrogen and oxygen atoms in total. The number of carboxylic acid groups (broad SMARTS) is 1. The molecule has 0 aromatic heterocycles. The summed E-state index contributed by atoms with van der Waals surface area (Å²) in [6.45, 7) is 2.51. The van der Waals surface area contributed by atoms with Crippen molar-refractivity contribution in [3.05, 3.63) is 0 Å². The molecule has 0 aromatic rings. The topological polar surface area (TPSA) is 117 Å². The fraction of sp³-hybridized carbons (Fsp3) is 0.727. The fourth-order valence-corrected chi connectivity index (χ4v) is 1.31. The fourth-order valence-electron chi connectivity index (χ4n) is 1.31. The van der Waals surface area contributed by atoms with Crippen molar-refractivity contribution in [1.29, 1.82) is 0 Å². The number of amides is 2. The number of carbonyl (C=O) groups excluding carboxylic acids is 2. The van der Waals surface area contributed by atoms with Gasteiger partial charge in [-0.1, -0.05) is 0 Å². The molecule has 1 atom stereocenters. The predicted molar refractivity (Wildman–Crippen MR) is 67.8 cm³/mol. The summed E-state index contributed by atoms with van der Waals surface area (Å²) in [6.07, 6.45) is -0.221. The van der Waals surface area contributed by atoms with Crippen molar-refractivity contribution in [2.75, 3.05) is 26.7 Å². The van der Waals surface area contributed by atoms with Gasteiger partial charge in [0.15, 0.2) is 0 Å². The Kier molecular flexibility index (Phi) is 9.15. The Bertz CT molecular complexity index is 309. The maximum absolute atomic E-state index is 11.0. The smallest absolute Gasteiger partial charge is 0.407 e. The van der Waals surface area contributed by atoms with Crippen molar-refractivity contribution in [3.8, 4) is 0 Å². The van der Waals surface area contributed by atoms with Crippen LogP contribution >= 0.6 is 0 Å². The van der Waals surface area contributed by atoms with Crippen LogP contribution in [0.25, 0.3) is 0 Å². The monoisotopic (exact) mass is 275 g/mol. The molecule has 0 spiro atoms. The second-order valence-corrected chi connectivity index (χ2v) is 3.70. The third-order valence-electron chi connectivity index (χ3n) is 2.30. The highest BCUT2D eigenvalue weighted by Crippen LogP contribution is 1.97. The minimum absolute atomic E-state index is 0.131. The number of carboxylic acids is 1. The van der Waals surface area contributed by atoms with Gasteiger partial charge in [0.1, 0.15) is 6.04 Å². The highest BCUT2D eigenvalue weighted by atomic mass is 16.5. The van der Waals surface area contributed by atoms with Crippen molar-refractivity contribution < 1.29 is 24.2 Å². The zero-order valence-corrected chi connectivity index (χ0v) is 11.2. The van der Waals surface area contributed by atoms with Gasteiger partial charge < -0.3 is 25.8 Å². The second-order valence-electron chi connectivity index (χ2n) is 3.70. The normalized spacial score (nSPS) is 11.5. The summed E-state index contributed by atoms with van der Waals surface area (Å²) < 4.78 is 4.64. The van der Waals surface area contributed by atoms with Crippen molar-refractivity contribution in [1.82, 2.24) is 16.0 Å². The van der Waals surface area contributed by atoms with E-state index in [2.05, 4.69) is 20.7 Å². The summed E-state index contributed by atoms with van der Waals surface area (Å²) in [7, 11) is 1.49. The van der Waals surface area contributed by atoms with Crippen LogP contribution in [0.15, 0.2) is 0 Å². The van der Waals surface area contributed by atoms with Gasteiger partial charge >= 0.3 is 12.1 Å². The molecule has 0 rings (SSSR count). The van der Waals surface area contributed by atoms with Gasteiger partial charge in [-0.05, 0) is 13.3 Å². The Morgan fingerprint density at radius 2 is 1.95 bits per heavy atom. The first-order valence-electron chi connectivity index (χ1n) is 6.08. The SMILES string of the molecule is CCOC(=O)NCCN[C@@H](CCC(=O)NC)C(=O)O. The summed E-state index contributed by atoms with van der Waals surface area (Å²) >= 11 is 0. The van der Waals surface area contributed by atoms with Gasteiger partial charge in [0.2, 0.25) is 5.91 Å². The lowest BCUT2D eigenvalue weighted by molar-refractivity contribution is -0.139. The number of hydrogen-bond donors (Lipinski definition) is 4. The molecule has 0 bridgehead atoms. The molecule has 0 radical (unpaired) electrons. The van der Waals surface area contributed by atoms with E-state index in [9.17, 15) is 14.4 Å². The number of hydrogen-bond acceptors (Lipinski definition) is 5. The summed E-state index contributed by atoms with van der Waals surface area (Å²) in [6, 6.07) is -0.818. The number of aliphatic carboxylic acids is 1. The molecule has 0 unspecified atom stereocenters. The number of nitrogens with one attached hydrogen (secondary N) is 3. The average molecular weight is 275 g/mol. The van der Waals surface area contributed by atoms with E-state index in [1.807, 2.05) is 0 Å². The van der Waals surface area contributed by atoms with Gasteiger partial charge in [-0.25, -0.2) is 4.79 Å². The average Bonchev–Trinajstić information content (AvgIpc) is 2.37. The van der Waals surface area contributed by atoms with Gasteiger partial charge in [-0.3, -0.25) is 9.59 Å². The van der Waals surface area contributed by atoms with Crippen LogP contribution in [0.3, 0.4) is 0 Å². The van der Waals surface area contributed by atoms with E-state index in [1.165, 1.54) is 7.05 Å². The van der Waals surface area contributed by atoms with Crippen LogP contribution in [0.5, 0.6) is 0 Å². The lowest BCUT2D eigenvalue weighted by Gasteiger charge is -2.14. The molecule has 0 saturated heterocycles. The number of carbonyl (C=O) groups is 3. The molecule has 0 aliphatic carbocycles. The molecule has 0 aromatic carbocycles. The lowest BCUT2D eigenvalue weighted by atomic mass is 10.1. The van der Waals surface area contributed by atoms with Crippen LogP contribution in [-0.2, 0) is 14.3 Å². The molecule has 2 amide bonds. The van der Waals surface area contributed by atoms with Gasteiger partial charge in [0, 0.05) is 26.6 Å². The minimum Gasteiger partial charge on any atom is -0.480 e. The molecule has 4 N–H and O–H groups in total. The Balaban J connectivity index is 3.86. The summed E-state index contributed by atoms with van der Waals surface area (Å²) in [5.41, 5.74) is 0. The minimum atomic E-state index is -1.03. The summed E-state index contributed by atoms with van der Waals surface area (Å²) in [4.78, 5) is 32.9. The Labute approximate surface area is 111 Å². The predicted octanol–water partition coefficient (Wildman–Crippen LogP) is -0.698. The summed E-state index contributed by atoms with van der Waals surface area (Å²) in [5, 5.41) is 16.6. The molecule has 8 heteroatoms. The van der Waals surface area contributed by atoms with Crippen molar-refractivity contribution >= 4 is 18.0 Å². The quantitative estimate of drug-likeness (QED) is 0.413. The van der Waals surface area contributed by atoms with Gasteiger partial charge in [0.05, 0.1) is 6.61 Å². The Morgan fingerprint density at radius 1 is 1.26 bits per heavy atom. The van der Waals surface area contributed by atoms with Gasteiger partial charge in [0.25, 0.3) is 0 Å². The molecule has 0 fully saturated rings. The van der Waals surface area contributed by atoms with Crippen molar-refractivity contribution in [2.45, 2.75) is 25.8 Å². The Morgan fingerprint density at radius 3 is 2.47 bits per heavy atom. The van der Waals surface area contributed by atoms with Crippen LogP contribution in [0.2, 0.25) is 0 Å². The first-order chi connectivity index (χ1) is 9.01. The number of ether oxygens (including phenoxy) is 1. The highest BCUT2D eigenvalue weighted by molar-refractivity contribution is 5.78. The molecule has 0 aliphatic heterocycles. The van der Waals surface area contributed by atoms with Crippen molar-refractivity contribution in [3.63, 3.8) is 0 Å². The maximum Gasteiger partial charge on any atom is 0.407 e. The molecule has 110 valence electrons. The van der Waals surface area contributed by atoms with Crippen LogP contribution in [0.1, 0.15) is 19.8 Å². The van der Waals surface area contributed by atoms with E-state index in [0.717, 1.165) is 0 Å². The summed E-state index contributed by atoms with van der Waals surface area (Å²) in [5.74, 6) is -1.24. The van der Waals surface area contributed by atoms with Crippen molar-refractivity contribution in [2.24, 2.45) is 0 Å². The highest BCUT2D eigenvalue weighted by Gasteiger charge is 2.17. The van der Waals surface area contributed by atoms with E-state index in [-0.39, 0.29) is 38.4 Å². The number of alkyl carbamates (subject to hydrolysis) is 1. The van der Waals surface area contributed by atoms with Crippen LogP contribution in [0, 0.1) is 0 Å². The second kappa shape index (κ2) is 10.1.